The first-order valence-electron chi connectivity index (χ1n) is 8.27. The molecule has 2 rings (SSSR count). The molecule has 0 heterocycles. The van der Waals surface area contributed by atoms with Gasteiger partial charge in [-0.3, -0.25) is 9.10 Å². The maximum Gasteiger partial charge on any atom is 0.241 e. The number of anilines is 1. The first-order valence-corrected chi connectivity index (χ1v) is 10.1. The molecule has 0 spiro atoms. The molecule has 6 nitrogen and oxygen atoms in total. The molecule has 0 fully saturated rings. The van der Waals surface area contributed by atoms with Crippen LogP contribution < -0.4 is 14.4 Å². The van der Waals surface area contributed by atoms with E-state index in [0.717, 1.165) is 21.9 Å². The lowest BCUT2D eigenvalue weighted by molar-refractivity contribution is -0.120. The van der Waals surface area contributed by atoms with Gasteiger partial charge in [-0.1, -0.05) is 35.9 Å². The van der Waals surface area contributed by atoms with Gasteiger partial charge in [0.15, 0.2) is 0 Å². The average molecular weight is 376 g/mol. The zero-order valence-corrected chi connectivity index (χ0v) is 16.0. The summed E-state index contributed by atoms with van der Waals surface area (Å²) < 4.78 is 30.7. The minimum atomic E-state index is -3.57. The van der Waals surface area contributed by atoms with Crippen LogP contribution in [-0.4, -0.2) is 39.8 Å². The Hall–Kier alpha value is -2.54. The molecule has 2 aromatic rings. The van der Waals surface area contributed by atoms with E-state index < -0.39 is 10.0 Å². The number of ether oxygens (including phenoxy) is 1. The van der Waals surface area contributed by atoms with Crippen LogP contribution in [0.25, 0.3) is 0 Å². The monoisotopic (exact) mass is 376 g/mol. The van der Waals surface area contributed by atoms with Gasteiger partial charge >= 0.3 is 0 Å². The van der Waals surface area contributed by atoms with Crippen molar-refractivity contribution in [3.8, 4) is 5.75 Å². The normalized spacial score (nSPS) is 12.3. The Morgan fingerprint density at radius 1 is 1.12 bits per heavy atom. The molecular weight excluding hydrogens is 352 g/mol. The van der Waals surface area contributed by atoms with Crippen molar-refractivity contribution in [3.63, 3.8) is 0 Å². The van der Waals surface area contributed by atoms with Crippen LogP contribution in [0.2, 0.25) is 0 Å². The van der Waals surface area contributed by atoms with Gasteiger partial charge < -0.3 is 10.1 Å². The molecule has 2 aromatic carbocycles. The fraction of sp³-hybridized carbons (Fsp3) is 0.316. The first kappa shape index (κ1) is 19.8. The van der Waals surface area contributed by atoms with Gasteiger partial charge in [0, 0.05) is 0 Å². The number of nitrogens with zero attached hydrogens (tertiary/aromatic N) is 1. The van der Waals surface area contributed by atoms with Crippen molar-refractivity contribution in [1.29, 1.82) is 0 Å². The van der Waals surface area contributed by atoms with Gasteiger partial charge in [0.2, 0.25) is 15.9 Å². The fourth-order valence-corrected chi connectivity index (χ4v) is 3.20. The molecule has 7 heteroatoms. The molecule has 1 atom stereocenters. The highest BCUT2D eigenvalue weighted by Crippen LogP contribution is 2.16. The number of benzene rings is 2. The minimum Gasteiger partial charge on any atom is -0.491 e. The molecule has 1 amide bonds. The standard InChI is InChI=1S/C19H24N2O4S/c1-15-9-11-18(12-10-15)25-14-16(2)20-19(22)13-21(26(3,23)24)17-7-5-4-6-8-17/h4-12,16H,13-14H2,1-3H3,(H,20,22)/t16-/m1/s1. The highest BCUT2D eigenvalue weighted by molar-refractivity contribution is 7.92. The lowest BCUT2D eigenvalue weighted by Crippen LogP contribution is -2.44. The second-order valence-corrected chi connectivity index (χ2v) is 8.10. The van der Waals surface area contributed by atoms with Crippen molar-refractivity contribution in [1.82, 2.24) is 5.32 Å². The molecule has 140 valence electrons. The molecule has 0 aliphatic carbocycles. The van der Waals surface area contributed by atoms with Gasteiger partial charge in [-0.2, -0.15) is 0 Å². The lowest BCUT2D eigenvalue weighted by atomic mass is 10.2. The third kappa shape index (κ3) is 6.07. The summed E-state index contributed by atoms with van der Waals surface area (Å²) in [6, 6.07) is 15.9. The van der Waals surface area contributed by atoms with Gasteiger partial charge in [-0.25, -0.2) is 8.42 Å². The Morgan fingerprint density at radius 2 is 1.73 bits per heavy atom. The topological polar surface area (TPSA) is 75.7 Å². The third-order valence-electron chi connectivity index (χ3n) is 3.66. The number of carbonyl (C=O) groups is 1. The molecule has 0 radical (unpaired) electrons. The number of para-hydroxylation sites is 1. The van der Waals surface area contributed by atoms with E-state index in [0.29, 0.717) is 12.3 Å². The number of rotatable bonds is 8. The quantitative estimate of drug-likeness (QED) is 0.767. The predicted octanol–water partition coefficient (Wildman–Crippen LogP) is 2.34. The number of carbonyl (C=O) groups excluding carboxylic acids is 1. The zero-order valence-electron chi connectivity index (χ0n) is 15.2. The summed E-state index contributed by atoms with van der Waals surface area (Å²) in [5.41, 5.74) is 1.59. The minimum absolute atomic E-state index is 0.263. The van der Waals surface area contributed by atoms with E-state index in [-0.39, 0.29) is 18.5 Å². The maximum absolute atomic E-state index is 12.3. The van der Waals surface area contributed by atoms with Crippen molar-refractivity contribution < 1.29 is 17.9 Å². The van der Waals surface area contributed by atoms with Gasteiger partial charge in [0.25, 0.3) is 0 Å². The Bertz CT molecular complexity index is 820. The number of sulfonamides is 1. The van der Waals surface area contributed by atoms with Gasteiger partial charge in [-0.15, -0.1) is 0 Å². The number of hydrogen-bond acceptors (Lipinski definition) is 4. The van der Waals surface area contributed by atoms with Gasteiger partial charge in [-0.05, 0) is 38.1 Å². The Kier molecular flexibility index (Phi) is 6.63. The smallest absolute Gasteiger partial charge is 0.241 e. The number of amides is 1. The summed E-state index contributed by atoms with van der Waals surface area (Å²) in [7, 11) is -3.57. The summed E-state index contributed by atoms with van der Waals surface area (Å²) in [5, 5.41) is 2.76. The first-order chi connectivity index (χ1) is 12.3. The van der Waals surface area contributed by atoms with E-state index in [1.165, 1.54) is 0 Å². The molecule has 26 heavy (non-hydrogen) atoms. The van der Waals surface area contributed by atoms with Crippen molar-refractivity contribution in [2.24, 2.45) is 0 Å². The van der Waals surface area contributed by atoms with Crippen LogP contribution in [0, 0.1) is 6.92 Å². The second-order valence-electron chi connectivity index (χ2n) is 6.20. The Balaban J connectivity index is 1.92. The Morgan fingerprint density at radius 3 is 2.31 bits per heavy atom. The molecule has 0 aliphatic heterocycles. The zero-order chi connectivity index (χ0) is 19.2. The molecule has 0 bridgehead atoms. The van der Waals surface area contributed by atoms with E-state index in [2.05, 4.69) is 5.32 Å². The summed E-state index contributed by atoms with van der Waals surface area (Å²) in [6.07, 6.45) is 1.08. The van der Waals surface area contributed by atoms with Crippen molar-refractivity contribution in [2.75, 3.05) is 23.7 Å². The van der Waals surface area contributed by atoms with Gasteiger partial charge in [0.1, 0.15) is 18.9 Å². The average Bonchev–Trinajstić information content (AvgIpc) is 2.59. The summed E-state index contributed by atoms with van der Waals surface area (Å²) in [5.74, 6) is 0.332. The number of hydrogen-bond donors (Lipinski definition) is 1. The van der Waals surface area contributed by atoms with E-state index in [1.807, 2.05) is 31.2 Å². The molecule has 0 unspecified atom stereocenters. The highest BCUT2D eigenvalue weighted by Gasteiger charge is 2.21. The van der Waals surface area contributed by atoms with Crippen molar-refractivity contribution >= 4 is 21.6 Å². The largest absolute Gasteiger partial charge is 0.491 e. The Labute approximate surface area is 154 Å². The van der Waals surface area contributed by atoms with Crippen LogP contribution in [0.3, 0.4) is 0 Å². The van der Waals surface area contributed by atoms with E-state index in [1.54, 1.807) is 37.3 Å². The number of nitrogens with one attached hydrogen (secondary N) is 1. The van der Waals surface area contributed by atoms with Crippen LogP contribution in [0.1, 0.15) is 12.5 Å². The van der Waals surface area contributed by atoms with Crippen LogP contribution in [0.5, 0.6) is 5.75 Å². The summed E-state index contributed by atoms with van der Waals surface area (Å²) >= 11 is 0. The van der Waals surface area contributed by atoms with Crippen LogP contribution >= 0.6 is 0 Å². The summed E-state index contributed by atoms with van der Waals surface area (Å²) in [6.45, 7) is 3.81. The highest BCUT2D eigenvalue weighted by atomic mass is 32.2. The third-order valence-corrected chi connectivity index (χ3v) is 4.80. The van der Waals surface area contributed by atoms with Crippen LogP contribution in [0.4, 0.5) is 5.69 Å². The molecule has 1 N–H and O–H groups in total. The van der Waals surface area contributed by atoms with Crippen molar-refractivity contribution in [2.45, 2.75) is 19.9 Å². The molecular formula is C19H24N2O4S. The molecule has 0 aromatic heterocycles. The van der Waals surface area contributed by atoms with Crippen LogP contribution in [-0.2, 0) is 14.8 Å². The van der Waals surface area contributed by atoms with Gasteiger partial charge in [0.05, 0.1) is 18.0 Å². The lowest BCUT2D eigenvalue weighted by Gasteiger charge is -2.23. The van der Waals surface area contributed by atoms with E-state index in [9.17, 15) is 13.2 Å². The molecule has 0 aliphatic rings. The second kappa shape index (κ2) is 8.71. The predicted molar refractivity (Wildman–Crippen MR) is 103 cm³/mol. The molecule has 0 saturated heterocycles. The van der Waals surface area contributed by atoms with E-state index >= 15 is 0 Å². The van der Waals surface area contributed by atoms with Crippen molar-refractivity contribution in [3.05, 3.63) is 60.2 Å². The maximum atomic E-state index is 12.3. The fourth-order valence-electron chi connectivity index (χ4n) is 2.34. The summed E-state index contributed by atoms with van der Waals surface area (Å²) in [4.78, 5) is 12.3. The SMILES string of the molecule is Cc1ccc(OC[C@@H](C)NC(=O)CN(c2ccccc2)S(C)(=O)=O)cc1. The number of aryl methyl sites for hydroxylation is 1. The van der Waals surface area contributed by atoms with E-state index in [4.69, 9.17) is 4.74 Å². The van der Waals surface area contributed by atoms with Crippen LogP contribution in [0.15, 0.2) is 54.6 Å². The molecule has 0 saturated carbocycles.